The summed E-state index contributed by atoms with van der Waals surface area (Å²) >= 11 is 2.69. The van der Waals surface area contributed by atoms with Crippen LogP contribution in [0.2, 0.25) is 0 Å². The molecule has 0 aliphatic rings. The maximum absolute atomic E-state index is 12.7. The predicted octanol–water partition coefficient (Wildman–Crippen LogP) is 3.23. The molecule has 1 atom stereocenters. The largest absolute Gasteiger partial charge is 0.299 e. The van der Waals surface area contributed by atoms with Crippen LogP contribution in [0, 0.1) is 13.8 Å². The summed E-state index contributed by atoms with van der Waals surface area (Å²) in [5.41, 5.74) is 2.29. The third-order valence-electron chi connectivity index (χ3n) is 3.51. The van der Waals surface area contributed by atoms with E-state index in [4.69, 9.17) is 0 Å². The van der Waals surface area contributed by atoms with Gasteiger partial charge < -0.3 is 0 Å². The van der Waals surface area contributed by atoms with E-state index in [1.807, 2.05) is 19.9 Å². The highest BCUT2D eigenvalue weighted by Crippen LogP contribution is 2.27. The fraction of sp³-hybridized carbons (Fsp3) is 0.353. The van der Waals surface area contributed by atoms with E-state index in [9.17, 15) is 13.2 Å². The molecule has 0 aliphatic heterocycles. The number of carbonyl (C=O) groups is 1. The standard InChI is InChI=1S/C17H22N4O3S3/c1-6-7-25-17-20-19-16(26-17)18-15(22)13(4)21(27(5,23)24)14-9-11(2)8-12(3)10-14/h6,8-10,13H,1,7H2,2-5H3,(H,18,19,22)/t13-/m1/s1. The van der Waals surface area contributed by atoms with Gasteiger partial charge in [-0.05, 0) is 44.0 Å². The minimum Gasteiger partial charge on any atom is -0.299 e. The molecule has 0 saturated heterocycles. The number of nitrogens with one attached hydrogen (secondary N) is 1. The molecule has 2 aromatic rings. The number of hydrogen-bond acceptors (Lipinski definition) is 7. The Morgan fingerprint density at radius 3 is 2.52 bits per heavy atom. The van der Waals surface area contributed by atoms with Gasteiger partial charge in [-0.15, -0.1) is 16.8 Å². The van der Waals surface area contributed by atoms with Crippen LogP contribution in [-0.2, 0) is 14.8 Å². The molecule has 10 heteroatoms. The van der Waals surface area contributed by atoms with Crippen LogP contribution in [0.1, 0.15) is 18.1 Å². The summed E-state index contributed by atoms with van der Waals surface area (Å²) in [4.78, 5) is 12.7. The lowest BCUT2D eigenvalue weighted by Crippen LogP contribution is -2.45. The second-order valence-corrected chi connectivity index (χ2v) is 10.1. The highest BCUT2D eigenvalue weighted by Gasteiger charge is 2.30. The highest BCUT2D eigenvalue weighted by molar-refractivity contribution is 8.01. The number of thioether (sulfide) groups is 1. The first-order valence-corrected chi connectivity index (χ1v) is 11.7. The SMILES string of the molecule is C=CCSc1nnc(NC(=O)[C@@H](C)N(c2cc(C)cc(C)c2)S(C)(=O)=O)s1. The van der Waals surface area contributed by atoms with Gasteiger partial charge in [-0.1, -0.05) is 35.2 Å². The van der Waals surface area contributed by atoms with Gasteiger partial charge in [-0.2, -0.15) is 0 Å². The van der Waals surface area contributed by atoms with Gasteiger partial charge in [0.05, 0.1) is 11.9 Å². The number of sulfonamides is 1. The van der Waals surface area contributed by atoms with Crippen molar-refractivity contribution in [3.05, 3.63) is 42.0 Å². The molecule has 1 N–H and O–H groups in total. The molecule has 1 aromatic heterocycles. The van der Waals surface area contributed by atoms with Crippen molar-refractivity contribution in [1.82, 2.24) is 10.2 Å². The van der Waals surface area contributed by atoms with E-state index in [1.54, 1.807) is 25.1 Å². The zero-order valence-electron chi connectivity index (χ0n) is 15.6. The molecule has 0 radical (unpaired) electrons. The molecular weight excluding hydrogens is 404 g/mol. The van der Waals surface area contributed by atoms with Gasteiger partial charge in [-0.3, -0.25) is 14.4 Å². The molecule has 0 saturated carbocycles. The van der Waals surface area contributed by atoms with Crippen LogP contribution in [0.25, 0.3) is 0 Å². The molecule has 7 nitrogen and oxygen atoms in total. The number of rotatable bonds is 8. The first-order chi connectivity index (χ1) is 12.6. The second-order valence-electron chi connectivity index (χ2n) is 6.04. The lowest BCUT2D eigenvalue weighted by molar-refractivity contribution is -0.116. The number of hydrogen-bond donors (Lipinski definition) is 1. The second kappa shape index (κ2) is 8.85. The van der Waals surface area contributed by atoms with E-state index in [2.05, 4.69) is 22.1 Å². The maximum atomic E-state index is 12.7. The zero-order valence-corrected chi connectivity index (χ0v) is 18.0. The molecule has 2 rings (SSSR count). The number of aryl methyl sites for hydroxylation is 2. The zero-order chi connectivity index (χ0) is 20.2. The molecule has 1 heterocycles. The molecule has 0 aliphatic carbocycles. The van der Waals surface area contributed by atoms with Gasteiger partial charge in [-0.25, -0.2) is 8.42 Å². The molecular formula is C17H22N4O3S3. The monoisotopic (exact) mass is 426 g/mol. The first-order valence-electron chi connectivity index (χ1n) is 8.07. The van der Waals surface area contributed by atoms with Gasteiger partial charge >= 0.3 is 0 Å². The van der Waals surface area contributed by atoms with Crippen molar-refractivity contribution in [2.75, 3.05) is 21.6 Å². The minimum absolute atomic E-state index is 0.326. The van der Waals surface area contributed by atoms with Crippen LogP contribution in [0.5, 0.6) is 0 Å². The Labute approximate surface area is 167 Å². The molecule has 146 valence electrons. The number of amides is 1. The fourth-order valence-electron chi connectivity index (χ4n) is 2.55. The van der Waals surface area contributed by atoms with Gasteiger partial charge in [0, 0.05) is 5.75 Å². The molecule has 0 fully saturated rings. The van der Waals surface area contributed by atoms with Crippen LogP contribution < -0.4 is 9.62 Å². The minimum atomic E-state index is -3.67. The smallest absolute Gasteiger partial charge is 0.249 e. The predicted molar refractivity (Wildman–Crippen MR) is 112 cm³/mol. The van der Waals surface area contributed by atoms with E-state index >= 15 is 0 Å². The number of nitrogens with zero attached hydrogens (tertiary/aromatic N) is 3. The molecule has 0 spiro atoms. The number of carbonyl (C=O) groups excluding carboxylic acids is 1. The van der Waals surface area contributed by atoms with E-state index in [-0.39, 0.29) is 0 Å². The third-order valence-corrected chi connectivity index (χ3v) is 6.72. The molecule has 0 bridgehead atoms. The van der Waals surface area contributed by atoms with Gasteiger partial charge in [0.15, 0.2) is 4.34 Å². The Hall–Kier alpha value is -1.91. The van der Waals surface area contributed by atoms with Crippen LogP contribution in [-0.4, -0.2) is 42.6 Å². The van der Waals surface area contributed by atoms with Crippen molar-refractivity contribution in [1.29, 1.82) is 0 Å². The van der Waals surface area contributed by atoms with Gasteiger partial charge in [0.2, 0.25) is 21.1 Å². The number of anilines is 2. The normalized spacial score (nSPS) is 12.4. The van der Waals surface area contributed by atoms with Crippen molar-refractivity contribution in [2.45, 2.75) is 31.2 Å². The van der Waals surface area contributed by atoms with Gasteiger partial charge in [0.25, 0.3) is 0 Å². The van der Waals surface area contributed by atoms with Crippen molar-refractivity contribution in [3.8, 4) is 0 Å². The van der Waals surface area contributed by atoms with Crippen LogP contribution >= 0.6 is 23.1 Å². The van der Waals surface area contributed by atoms with Crippen molar-refractivity contribution >= 4 is 49.8 Å². The molecule has 0 unspecified atom stereocenters. The molecule has 1 aromatic carbocycles. The average molecular weight is 427 g/mol. The third kappa shape index (κ3) is 5.78. The van der Waals surface area contributed by atoms with Crippen molar-refractivity contribution in [3.63, 3.8) is 0 Å². The van der Waals surface area contributed by atoms with E-state index in [1.165, 1.54) is 23.1 Å². The average Bonchev–Trinajstić information content (AvgIpc) is 2.98. The number of aromatic nitrogens is 2. The maximum Gasteiger partial charge on any atom is 0.249 e. The lowest BCUT2D eigenvalue weighted by Gasteiger charge is -2.28. The first kappa shape index (κ1) is 21.4. The summed E-state index contributed by atoms with van der Waals surface area (Å²) in [6, 6.07) is 4.48. The van der Waals surface area contributed by atoms with E-state index in [0.29, 0.717) is 20.9 Å². The summed E-state index contributed by atoms with van der Waals surface area (Å²) < 4.78 is 26.6. The topological polar surface area (TPSA) is 92.3 Å². The summed E-state index contributed by atoms with van der Waals surface area (Å²) in [6.07, 6.45) is 2.84. The Morgan fingerprint density at radius 1 is 1.33 bits per heavy atom. The molecule has 27 heavy (non-hydrogen) atoms. The van der Waals surface area contributed by atoms with Crippen LogP contribution in [0.15, 0.2) is 35.2 Å². The highest BCUT2D eigenvalue weighted by atomic mass is 32.2. The van der Waals surface area contributed by atoms with Crippen LogP contribution in [0.4, 0.5) is 10.8 Å². The lowest BCUT2D eigenvalue weighted by atomic mass is 10.1. The van der Waals surface area contributed by atoms with Gasteiger partial charge in [0.1, 0.15) is 6.04 Å². The Morgan fingerprint density at radius 2 is 1.96 bits per heavy atom. The summed E-state index contributed by atoms with van der Waals surface area (Å²) in [5, 5.41) is 10.9. The quantitative estimate of drug-likeness (QED) is 0.396. The fourth-order valence-corrected chi connectivity index (χ4v) is 5.22. The van der Waals surface area contributed by atoms with Crippen LogP contribution in [0.3, 0.4) is 0 Å². The Balaban J connectivity index is 2.24. The summed E-state index contributed by atoms with van der Waals surface area (Å²) in [5.74, 6) is 0.212. The number of benzene rings is 1. The summed E-state index contributed by atoms with van der Waals surface area (Å²) in [7, 11) is -3.67. The van der Waals surface area contributed by atoms with Crippen molar-refractivity contribution in [2.24, 2.45) is 0 Å². The summed E-state index contributed by atoms with van der Waals surface area (Å²) in [6.45, 7) is 8.95. The Bertz CT molecular complexity index is 920. The van der Waals surface area contributed by atoms with E-state index < -0.39 is 22.0 Å². The van der Waals surface area contributed by atoms with E-state index in [0.717, 1.165) is 21.7 Å². The van der Waals surface area contributed by atoms with Crippen molar-refractivity contribution < 1.29 is 13.2 Å². The Kier molecular flexibility index (Phi) is 7.01. The molecule has 1 amide bonds.